The number of carbonyl (C=O) groups excluding carboxylic acids is 1. The summed E-state index contributed by atoms with van der Waals surface area (Å²) in [5.74, 6) is 0.615. The predicted molar refractivity (Wildman–Crippen MR) is 83.3 cm³/mol. The summed E-state index contributed by atoms with van der Waals surface area (Å²) < 4.78 is 7.48. The van der Waals surface area contributed by atoms with Crippen molar-refractivity contribution in [1.29, 1.82) is 0 Å². The van der Waals surface area contributed by atoms with Crippen LogP contribution in [0.2, 0.25) is 0 Å². The van der Waals surface area contributed by atoms with E-state index in [2.05, 4.69) is 15.1 Å². The zero-order valence-corrected chi connectivity index (χ0v) is 13.5. The second kappa shape index (κ2) is 5.56. The highest BCUT2D eigenvalue weighted by Gasteiger charge is 2.38. The van der Waals surface area contributed by atoms with E-state index in [-0.39, 0.29) is 23.9 Å². The molecule has 2 fully saturated rings. The van der Waals surface area contributed by atoms with Gasteiger partial charge in [-0.1, -0.05) is 12.8 Å². The first-order chi connectivity index (χ1) is 11.1. The molecule has 0 spiro atoms. The number of hydrogen-bond acceptors (Lipinski definition) is 5. The average Bonchev–Trinajstić information content (AvgIpc) is 2.98. The summed E-state index contributed by atoms with van der Waals surface area (Å²) in [6.45, 7) is 5.06. The van der Waals surface area contributed by atoms with Crippen LogP contribution >= 0.6 is 0 Å². The van der Waals surface area contributed by atoms with E-state index < -0.39 is 0 Å². The topological polar surface area (TPSA) is 72.6 Å². The van der Waals surface area contributed by atoms with Gasteiger partial charge in [0.25, 0.3) is 11.7 Å². The summed E-state index contributed by atoms with van der Waals surface area (Å²) >= 11 is 0. The molecule has 0 bridgehead atoms. The van der Waals surface area contributed by atoms with Crippen molar-refractivity contribution in [3.8, 4) is 0 Å². The number of hydrogen-bond donors (Lipinski definition) is 0. The van der Waals surface area contributed by atoms with Gasteiger partial charge in [0.2, 0.25) is 5.82 Å². The monoisotopic (exact) mass is 315 g/mol. The number of fused-ring (bicyclic) bond motifs is 2. The highest BCUT2D eigenvalue weighted by Crippen LogP contribution is 2.29. The Balaban J connectivity index is 1.67. The maximum atomic E-state index is 12.9. The molecule has 0 radical (unpaired) electrons. The van der Waals surface area contributed by atoms with E-state index in [0.717, 1.165) is 30.7 Å². The Kier molecular flexibility index (Phi) is 3.52. The number of amides is 1. The molecule has 2 aromatic heterocycles. The van der Waals surface area contributed by atoms with Crippen LogP contribution in [0.4, 0.5) is 0 Å². The van der Waals surface area contributed by atoms with E-state index in [4.69, 9.17) is 4.74 Å². The molecule has 0 N–H and O–H groups in total. The highest BCUT2D eigenvalue weighted by atomic mass is 16.5. The van der Waals surface area contributed by atoms with E-state index in [9.17, 15) is 4.79 Å². The van der Waals surface area contributed by atoms with Gasteiger partial charge in [0.05, 0.1) is 18.8 Å². The second-order valence-electron chi connectivity index (χ2n) is 6.45. The minimum absolute atomic E-state index is 0.104. The lowest BCUT2D eigenvalue weighted by Gasteiger charge is -2.43. The Hall–Kier alpha value is -2.02. The molecule has 0 aromatic carbocycles. The van der Waals surface area contributed by atoms with Gasteiger partial charge in [-0.05, 0) is 32.8 Å². The van der Waals surface area contributed by atoms with Crippen molar-refractivity contribution < 1.29 is 9.53 Å². The number of aryl methyl sites for hydroxylation is 2. The fourth-order valence-corrected chi connectivity index (χ4v) is 3.73. The van der Waals surface area contributed by atoms with Crippen LogP contribution in [0.3, 0.4) is 0 Å². The molecular weight excluding hydrogens is 294 g/mol. The normalized spacial score (nSPS) is 24.7. The van der Waals surface area contributed by atoms with Gasteiger partial charge < -0.3 is 9.64 Å². The van der Waals surface area contributed by atoms with Crippen molar-refractivity contribution in [3.05, 3.63) is 23.3 Å². The number of ether oxygens (including phenoxy) is 1. The Morgan fingerprint density at radius 3 is 2.96 bits per heavy atom. The van der Waals surface area contributed by atoms with E-state index in [1.165, 1.54) is 6.42 Å². The standard InChI is InChI=1S/C16H21N5O2/c1-10-9-11(2)21-16(17-10)18-14(19-21)15(22)20-7-8-23-13-6-4-3-5-12(13)20/h9,12-13H,3-8H2,1-2H3/t12-,13+/m1/s1. The van der Waals surface area contributed by atoms with Gasteiger partial charge in [-0.2, -0.15) is 4.98 Å². The number of nitrogens with zero attached hydrogens (tertiary/aromatic N) is 5. The van der Waals surface area contributed by atoms with Crippen molar-refractivity contribution in [1.82, 2.24) is 24.5 Å². The third-order valence-corrected chi connectivity index (χ3v) is 4.80. The van der Waals surface area contributed by atoms with Crippen molar-refractivity contribution >= 4 is 11.7 Å². The summed E-state index contributed by atoms with van der Waals surface area (Å²) in [6.07, 6.45) is 4.53. The Labute approximate surface area is 134 Å². The van der Waals surface area contributed by atoms with Gasteiger partial charge >= 0.3 is 0 Å². The SMILES string of the molecule is Cc1cc(C)n2nc(C(=O)N3CCO[C@H]4CCCC[C@H]43)nc2n1. The quantitative estimate of drug-likeness (QED) is 0.798. The molecule has 4 rings (SSSR count). The van der Waals surface area contributed by atoms with Crippen LogP contribution in [0, 0.1) is 13.8 Å². The maximum absolute atomic E-state index is 12.9. The fourth-order valence-electron chi connectivity index (χ4n) is 3.73. The van der Waals surface area contributed by atoms with Crippen LogP contribution in [0.25, 0.3) is 5.78 Å². The first-order valence-electron chi connectivity index (χ1n) is 8.27. The third kappa shape index (κ3) is 2.49. The van der Waals surface area contributed by atoms with Gasteiger partial charge in [-0.25, -0.2) is 9.50 Å². The molecule has 7 nitrogen and oxygen atoms in total. The largest absolute Gasteiger partial charge is 0.374 e. The van der Waals surface area contributed by atoms with Crippen molar-refractivity contribution in [2.24, 2.45) is 0 Å². The van der Waals surface area contributed by atoms with Gasteiger partial charge in [0.15, 0.2) is 0 Å². The van der Waals surface area contributed by atoms with Crippen LogP contribution in [-0.2, 0) is 4.74 Å². The second-order valence-corrected chi connectivity index (χ2v) is 6.45. The van der Waals surface area contributed by atoms with Gasteiger partial charge in [-0.15, -0.1) is 5.10 Å². The van der Waals surface area contributed by atoms with Crippen LogP contribution < -0.4 is 0 Å². The van der Waals surface area contributed by atoms with Crippen molar-refractivity contribution in [2.45, 2.75) is 51.7 Å². The van der Waals surface area contributed by atoms with Crippen molar-refractivity contribution in [2.75, 3.05) is 13.2 Å². The first-order valence-corrected chi connectivity index (χ1v) is 8.27. The minimum Gasteiger partial charge on any atom is -0.374 e. The smallest absolute Gasteiger partial charge is 0.294 e. The fraction of sp³-hybridized carbons (Fsp3) is 0.625. The zero-order chi connectivity index (χ0) is 16.0. The molecule has 0 unspecified atom stereocenters. The molecule has 1 amide bonds. The molecule has 7 heteroatoms. The van der Waals surface area contributed by atoms with E-state index in [1.54, 1.807) is 4.52 Å². The number of aromatic nitrogens is 4. The van der Waals surface area contributed by atoms with Crippen LogP contribution in [-0.4, -0.2) is 55.7 Å². The Bertz CT molecular complexity index is 754. The molecule has 3 heterocycles. The molecule has 1 aliphatic carbocycles. The third-order valence-electron chi connectivity index (χ3n) is 4.80. The molecule has 1 saturated heterocycles. The van der Waals surface area contributed by atoms with Crippen LogP contribution in [0.1, 0.15) is 47.7 Å². The molecule has 2 aliphatic rings. The summed E-state index contributed by atoms with van der Waals surface area (Å²) in [4.78, 5) is 23.5. The minimum atomic E-state index is -0.104. The molecule has 1 aliphatic heterocycles. The summed E-state index contributed by atoms with van der Waals surface area (Å²) in [5.41, 5.74) is 1.80. The van der Waals surface area contributed by atoms with Crippen LogP contribution in [0.15, 0.2) is 6.07 Å². The van der Waals surface area contributed by atoms with Crippen LogP contribution in [0.5, 0.6) is 0 Å². The van der Waals surface area contributed by atoms with Gasteiger partial charge in [-0.3, -0.25) is 4.79 Å². The first kappa shape index (κ1) is 14.6. The van der Waals surface area contributed by atoms with Crippen molar-refractivity contribution in [3.63, 3.8) is 0 Å². The lowest BCUT2D eigenvalue weighted by atomic mass is 9.90. The predicted octanol–water partition coefficient (Wildman–Crippen LogP) is 1.52. The summed E-state index contributed by atoms with van der Waals surface area (Å²) in [5, 5.41) is 4.38. The zero-order valence-electron chi connectivity index (χ0n) is 13.5. The number of carbonyl (C=O) groups is 1. The lowest BCUT2D eigenvalue weighted by Crippen LogP contribution is -2.55. The molecule has 1 saturated carbocycles. The Morgan fingerprint density at radius 2 is 2.09 bits per heavy atom. The summed E-state index contributed by atoms with van der Waals surface area (Å²) in [7, 11) is 0. The lowest BCUT2D eigenvalue weighted by molar-refractivity contribution is -0.0755. The highest BCUT2D eigenvalue weighted by molar-refractivity contribution is 5.91. The number of rotatable bonds is 1. The molecular formula is C16H21N5O2. The molecule has 23 heavy (non-hydrogen) atoms. The van der Waals surface area contributed by atoms with Gasteiger partial charge in [0.1, 0.15) is 0 Å². The van der Waals surface area contributed by atoms with E-state index in [1.807, 2.05) is 24.8 Å². The summed E-state index contributed by atoms with van der Waals surface area (Å²) in [6, 6.07) is 2.09. The molecule has 122 valence electrons. The molecule has 2 aromatic rings. The average molecular weight is 315 g/mol. The number of morpholine rings is 1. The van der Waals surface area contributed by atoms with E-state index in [0.29, 0.717) is 18.9 Å². The Morgan fingerprint density at radius 1 is 1.26 bits per heavy atom. The van der Waals surface area contributed by atoms with Gasteiger partial charge in [0, 0.05) is 17.9 Å². The molecule has 2 atom stereocenters. The van der Waals surface area contributed by atoms with E-state index >= 15 is 0 Å². The maximum Gasteiger partial charge on any atom is 0.294 e.